The van der Waals surface area contributed by atoms with E-state index in [2.05, 4.69) is 142 Å². The molecule has 260 valence electrons. The maximum absolute atomic E-state index is 2.17. The van der Waals surface area contributed by atoms with E-state index >= 15 is 0 Å². The first-order chi connectivity index (χ1) is 23.7. The Morgan fingerprint density at radius 3 is 0.750 bits per heavy atom. The molecule has 0 aliphatic heterocycles. The molecular formula is C48H68. The molecule has 48 heavy (non-hydrogen) atoms. The van der Waals surface area contributed by atoms with Crippen LogP contribution in [0.4, 0.5) is 0 Å². The first kappa shape index (κ1) is 48.0. The predicted octanol–water partition coefficient (Wildman–Crippen LogP) is 15.9. The summed E-state index contributed by atoms with van der Waals surface area (Å²) in [6.07, 6.45) is 1.14. The highest BCUT2D eigenvalue weighted by Crippen LogP contribution is 2.19. The summed E-state index contributed by atoms with van der Waals surface area (Å²) in [5.41, 5.74) is 6.60. The minimum absolute atomic E-state index is 1.14. The van der Waals surface area contributed by atoms with Gasteiger partial charge in [-0.2, -0.15) is 0 Å². The third kappa shape index (κ3) is 23.9. The average Bonchev–Trinajstić information content (AvgIpc) is 3.21. The zero-order valence-corrected chi connectivity index (χ0v) is 32.8. The standard InChI is InChI=1S/C14H14.C10H8.C8H10.C6H6.5C2H6/c1-11-3-7-13(8-4-11)14-9-5-12(2)6-10-14;1-2-6-10-8-4-3-7-9(10)5-1;1-2-8-6-4-3-5-7-8;1-2-4-6-5-3-1;5*1-2/h3-10H,1-2H3;1-8H;3-7H,2H2,1H3;1-6H;5*1-2H3. The highest BCUT2D eigenvalue weighted by atomic mass is 14.0. The second kappa shape index (κ2) is 37.0. The fourth-order valence-corrected chi connectivity index (χ4v) is 3.72. The van der Waals surface area contributed by atoms with Crippen LogP contribution in [-0.4, -0.2) is 0 Å². The second-order valence-electron chi connectivity index (χ2n) is 9.07. The van der Waals surface area contributed by atoms with Gasteiger partial charge in [0, 0.05) is 0 Å². The first-order valence-electron chi connectivity index (χ1n) is 18.3. The normalized spacial score (nSPS) is 8.19. The van der Waals surface area contributed by atoms with Gasteiger partial charge in [0.1, 0.15) is 0 Å². The van der Waals surface area contributed by atoms with E-state index in [0.717, 1.165) is 6.42 Å². The van der Waals surface area contributed by atoms with Crippen LogP contribution in [0.25, 0.3) is 21.9 Å². The van der Waals surface area contributed by atoms with E-state index < -0.39 is 0 Å². The molecule has 0 aliphatic rings. The van der Waals surface area contributed by atoms with Crippen molar-refractivity contribution in [2.24, 2.45) is 0 Å². The Balaban J connectivity index is -0.000000532. The molecule has 0 fully saturated rings. The molecule has 0 aliphatic carbocycles. The molecular weight excluding hydrogens is 577 g/mol. The number of rotatable bonds is 2. The minimum atomic E-state index is 1.14. The van der Waals surface area contributed by atoms with Gasteiger partial charge in [0.05, 0.1) is 0 Å². The zero-order chi connectivity index (χ0) is 36.8. The Hall–Kier alpha value is -4.42. The van der Waals surface area contributed by atoms with Gasteiger partial charge in [0.2, 0.25) is 0 Å². The lowest BCUT2D eigenvalue weighted by molar-refractivity contribution is 1.14. The van der Waals surface area contributed by atoms with Crippen molar-refractivity contribution in [3.8, 4) is 11.1 Å². The van der Waals surface area contributed by atoms with Crippen LogP contribution < -0.4 is 0 Å². The van der Waals surface area contributed by atoms with E-state index in [1.807, 2.05) is 112 Å². The maximum atomic E-state index is 2.17. The summed E-state index contributed by atoms with van der Waals surface area (Å²) in [7, 11) is 0. The number of aryl methyl sites for hydroxylation is 3. The van der Waals surface area contributed by atoms with Crippen molar-refractivity contribution < 1.29 is 0 Å². The summed E-state index contributed by atoms with van der Waals surface area (Å²) in [5.74, 6) is 0. The molecule has 6 aromatic rings. The van der Waals surface area contributed by atoms with Crippen molar-refractivity contribution in [2.75, 3.05) is 0 Å². The number of hydrogen-bond acceptors (Lipinski definition) is 0. The Morgan fingerprint density at radius 2 is 0.521 bits per heavy atom. The van der Waals surface area contributed by atoms with Gasteiger partial charge in [-0.05, 0) is 47.7 Å². The van der Waals surface area contributed by atoms with Crippen molar-refractivity contribution in [3.05, 3.63) is 180 Å². The molecule has 0 nitrogen and oxygen atoms in total. The molecule has 0 saturated heterocycles. The Labute approximate surface area is 297 Å². The molecule has 0 heteroatoms. The third-order valence-electron chi connectivity index (χ3n) is 6.01. The summed E-state index contributed by atoms with van der Waals surface area (Å²) in [4.78, 5) is 0. The topological polar surface area (TPSA) is 0 Å². The average molecular weight is 645 g/mol. The molecule has 0 amide bonds. The lowest BCUT2D eigenvalue weighted by atomic mass is 10.0. The Kier molecular flexibility index (Phi) is 37.0. The van der Waals surface area contributed by atoms with Crippen molar-refractivity contribution >= 4 is 10.8 Å². The molecule has 6 aromatic carbocycles. The highest BCUT2D eigenvalue weighted by molar-refractivity contribution is 5.82. The second-order valence-corrected chi connectivity index (χ2v) is 9.07. The first-order valence-corrected chi connectivity index (χ1v) is 18.3. The SMILES string of the molecule is CC.CC.CC.CC.CC.CCc1ccccc1.Cc1ccc(-c2ccc(C)cc2)cc1.c1ccc2ccccc2c1.c1ccccc1. The summed E-state index contributed by atoms with van der Waals surface area (Å²) in [6, 6.07) is 56.4. The predicted molar refractivity (Wildman–Crippen MR) is 224 cm³/mol. The molecule has 0 heterocycles. The lowest BCUT2D eigenvalue weighted by Crippen LogP contribution is -1.78. The van der Waals surface area contributed by atoms with Crippen LogP contribution in [0.1, 0.15) is 92.9 Å². The molecule has 6 rings (SSSR count). The van der Waals surface area contributed by atoms with E-state index in [1.54, 1.807) is 0 Å². The summed E-state index contributed by atoms with van der Waals surface area (Å²) in [6.45, 7) is 26.4. The van der Waals surface area contributed by atoms with E-state index in [0.29, 0.717) is 0 Å². The maximum Gasteiger partial charge on any atom is -0.0184 e. The van der Waals surface area contributed by atoms with Gasteiger partial charge in [-0.25, -0.2) is 0 Å². The largest absolute Gasteiger partial charge is 0.0683 e. The fraction of sp³-hybridized carbons (Fsp3) is 0.292. The van der Waals surface area contributed by atoms with Crippen LogP contribution in [-0.2, 0) is 6.42 Å². The van der Waals surface area contributed by atoms with Crippen LogP contribution in [0, 0.1) is 13.8 Å². The van der Waals surface area contributed by atoms with Crippen LogP contribution in [0.5, 0.6) is 0 Å². The van der Waals surface area contributed by atoms with Gasteiger partial charge in [-0.1, -0.05) is 251 Å². The molecule has 0 bridgehead atoms. The number of hydrogen-bond donors (Lipinski definition) is 0. The van der Waals surface area contributed by atoms with Gasteiger partial charge in [-0.3, -0.25) is 0 Å². The molecule has 0 atom stereocenters. The van der Waals surface area contributed by atoms with Gasteiger partial charge in [0.25, 0.3) is 0 Å². The van der Waals surface area contributed by atoms with E-state index in [-0.39, 0.29) is 0 Å². The van der Waals surface area contributed by atoms with Crippen molar-refractivity contribution in [3.63, 3.8) is 0 Å². The van der Waals surface area contributed by atoms with Crippen LogP contribution in [0.15, 0.2) is 164 Å². The molecule has 0 radical (unpaired) electrons. The lowest BCUT2D eigenvalue weighted by Gasteiger charge is -2.02. The Morgan fingerprint density at radius 1 is 0.292 bits per heavy atom. The van der Waals surface area contributed by atoms with Gasteiger partial charge < -0.3 is 0 Å². The Bertz CT molecular complexity index is 1280. The fourth-order valence-electron chi connectivity index (χ4n) is 3.72. The van der Waals surface area contributed by atoms with Gasteiger partial charge in [-0.15, -0.1) is 0 Å². The quantitative estimate of drug-likeness (QED) is 0.176. The van der Waals surface area contributed by atoms with Crippen molar-refractivity contribution in [1.82, 2.24) is 0 Å². The number of fused-ring (bicyclic) bond motifs is 1. The molecule has 0 unspecified atom stereocenters. The molecule has 0 N–H and O–H groups in total. The van der Waals surface area contributed by atoms with Gasteiger partial charge >= 0.3 is 0 Å². The summed E-state index contributed by atoms with van der Waals surface area (Å²) >= 11 is 0. The van der Waals surface area contributed by atoms with Gasteiger partial charge in [0.15, 0.2) is 0 Å². The molecule has 0 spiro atoms. The molecule has 0 saturated carbocycles. The zero-order valence-electron chi connectivity index (χ0n) is 32.8. The highest BCUT2D eigenvalue weighted by Gasteiger charge is 1.95. The summed E-state index contributed by atoms with van der Waals surface area (Å²) < 4.78 is 0. The van der Waals surface area contributed by atoms with Crippen LogP contribution in [0.2, 0.25) is 0 Å². The van der Waals surface area contributed by atoms with E-state index in [1.165, 1.54) is 38.6 Å². The van der Waals surface area contributed by atoms with Crippen LogP contribution >= 0.6 is 0 Å². The van der Waals surface area contributed by atoms with Crippen LogP contribution in [0.3, 0.4) is 0 Å². The monoisotopic (exact) mass is 645 g/mol. The minimum Gasteiger partial charge on any atom is -0.0683 e. The third-order valence-corrected chi connectivity index (χ3v) is 6.01. The van der Waals surface area contributed by atoms with E-state index in [4.69, 9.17) is 0 Å². The van der Waals surface area contributed by atoms with E-state index in [9.17, 15) is 0 Å². The number of benzene rings is 6. The molecule has 0 aromatic heterocycles. The van der Waals surface area contributed by atoms with Crippen molar-refractivity contribution in [1.29, 1.82) is 0 Å². The smallest absolute Gasteiger partial charge is 0.0184 e. The summed E-state index contributed by atoms with van der Waals surface area (Å²) in [5, 5.41) is 2.62. The van der Waals surface area contributed by atoms with Crippen molar-refractivity contribution in [2.45, 2.75) is 96.4 Å².